The van der Waals surface area contributed by atoms with Crippen molar-refractivity contribution in [3.05, 3.63) is 12.4 Å². The highest BCUT2D eigenvalue weighted by atomic mass is 32.2. The van der Waals surface area contributed by atoms with Gasteiger partial charge in [0, 0.05) is 39.0 Å². The van der Waals surface area contributed by atoms with Gasteiger partial charge in [0.1, 0.15) is 18.8 Å². The molecule has 0 N–H and O–H groups in total. The monoisotopic (exact) mass is 338 g/mol. The van der Waals surface area contributed by atoms with E-state index in [1.165, 1.54) is 6.33 Å². The fourth-order valence-corrected chi connectivity index (χ4v) is 4.43. The summed E-state index contributed by atoms with van der Waals surface area (Å²) in [5, 5.41) is 0. The molecule has 1 atom stereocenters. The van der Waals surface area contributed by atoms with Crippen molar-refractivity contribution in [3.63, 3.8) is 0 Å². The molecule has 3 rings (SSSR count). The maximum absolute atomic E-state index is 11.6. The number of aromatic nitrogens is 2. The summed E-state index contributed by atoms with van der Waals surface area (Å²) in [6.45, 7) is 2.06. The number of hydrogen-bond donors (Lipinski definition) is 0. The van der Waals surface area contributed by atoms with E-state index >= 15 is 0 Å². The fourth-order valence-electron chi connectivity index (χ4n) is 2.87. The smallest absolute Gasteiger partial charge is 0.248 e. The zero-order valence-corrected chi connectivity index (χ0v) is 14.5. The summed E-state index contributed by atoms with van der Waals surface area (Å²) < 4.78 is 11.1. The van der Waals surface area contributed by atoms with Crippen LogP contribution in [0.2, 0.25) is 0 Å². The molecular weight excluding hydrogens is 316 g/mol. The number of methoxy groups -OCH3 is 1. The normalized spacial score (nSPS) is 22.0. The lowest BCUT2D eigenvalue weighted by atomic mass is 9.93. The quantitative estimate of drug-likeness (QED) is 0.781. The Bertz CT molecular complexity index is 578. The molecule has 2 aliphatic heterocycles. The van der Waals surface area contributed by atoms with Crippen molar-refractivity contribution in [1.82, 2.24) is 14.9 Å². The van der Waals surface area contributed by atoms with Crippen molar-refractivity contribution in [3.8, 4) is 5.88 Å². The predicted octanol–water partition coefficient (Wildman–Crippen LogP) is 0.654. The minimum Gasteiger partial charge on any atom is -0.481 e. The average molecular weight is 338 g/mol. The van der Waals surface area contributed by atoms with Crippen LogP contribution in [-0.4, -0.2) is 78.3 Å². The molecule has 0 radical (unpaired) electrons. The molecule has 0 aliphatic carbocycles. The van der Waals surface area contributed by atoms with Crippen LogP contribution in [0.25, 0.3) is 0 Å². The number of anilines is 1. The lowest BCUT2D eigenvalue weighted by Crippen LogP contribution is -2.59. The summed E-state index contributed by atoms with van der Waals surface area (Å²) in [6.07, 6.45) is 2.67. The molecule has 2 fully saturated rings. The number of hydrogen-bond acceptors (Lipinski definition) is 7. The van der Waals surface area contributed by atoms with Crippen LogP contribution in [0.3, 0.4) is 0 Å². The molecule has 23 heavy (non-hydrogen) atoms. The first-order valence-electron chi connectivity index (χ1n) is 7.58. The summed E-state index contributed by atoms with van der Waals surface area (Å²) in [4.78, 5) is 23.7. The maximum Gasteiger partial charge on any atom is 0.248 e. The highest BCUT2D eigenvalue weighted by Crippen LogP contribution is 2.47. The maximum atomic E-state index is 11.6. The van der Waals surface area contributed by atoms with Crippen molar-refractivity contribution in [1.29, 1.82) is 0 Å². The summed E-state index contributed by atoms with van der Waals surface area (Å²) in [6, 6.07) is 1.86. The molecule has 7 nitrogen and oxygen atoms in total. The van der Waals surface area contributed by atoms with Gasteiger partial charge in [-0.2, -0.15) is 0 Å². The Hall–Kier alpha value is -1.54. The number of thioether (sulfide) groups is 1. The van der Waals surface area contributed by atoms with E-state index in [9.17, 15) is 4.79 Å². The molecule has 2 aliphatic rings. The van der Waals surface area contributed by atoms with Crippen molar-refractivity contribution >= 4 is 23.5 Å². The largest absolute Gasteiger partial charge is 0.481 e. The van der Waals surface area contributed by atoms with Crippen molar-refractivity contribution < 1.29 is 14.3 Å². The van der Waals surface area contributed by atoms with E-state index in [2.05, 4.69) is 14.9 Å². The van der Waals surface area contributed by atoms with E-state index in [0.29, 0.717) is 5.88 Å². The van der Waals surface area contributed by atoms with Gasteiger partial charge in [0.15, 0.2) is 0 Å². The van der Waals surface area contributed by atoms with Crippen LogP contribution in [0.5, 0.6) is 5.88 Å². The van der Waals surface area contributed by atoms with E-state index in [1.807, 2.05) is 17.8 Å². The third-order valence-corrected chi connectivity index (χ3v) is 5.81. The van der Waals surface area contributed by atoms with Crippen LogP contribution in [-0.2, 0) is 9.53 Å². The van der Waals surface area contributed by atoms with Gasteiger partial charge in [-0.25, -0.2) is 9.97 Å². The summed E-state index contributed by atoms with van der Waals surface area (Å²) >= 11 is 1.94. The van der Waals surface area contributed by atoms with Gasteiger partial charge in [-0.1, -0.05) is 0 Å². The lowest BCUT2D eigenvalue weighted by Gasteiger charge is -2.48. The van der Waals surface area contributed by atoms with E-state index in [0.717, 1.165) is 31.1 Å². The average Bonchev–Trinajstić information content (AvgIpc) is 2.95. The zero-order valence-electron chi connectivity index (χ0n) is 13.7. The van der Waals surface area contributed by atoms with Crippen LogP contribution in [0.1, 0.15) is 6.42 Å². The van der Waals surface area contributed by atoms with Crippen LogP contribution in [0, 0.1) is 0 Å². The Morgan fingerprint density at radius 3 is 2.96 bits per heavy atom. The molecule has 0 saturated carbocycles. The van der Waals surface area contributed by atoms with E-state index in [-0.39, 0.29) is 23.4 Å². The van der Waals surface area contributed by atoms with Gasteiger partial charge < -0.3 is 19.3 Å². The molecule has 8 heteroatoms. The second-order valence-electron chi connectivity index (χ2n) is 6.19. The first-order valence-corrected chi connectivity index (χ1v) is 8.57. The van der Waals surface area contributed by atoms with Gasteiger partial charge in [-0.15, -0.1) is 11.8 Å². The summed E-state index contributed by atoms with van der Waals surface area (Å²) in [5.74, 6) is 2.44. The number of carbonyl (C=O) groups is 1. The van der Waals surface area contributed by atoms with Crippen LogP contribution in [0.4, 0.5) is 5.82 Å². The topological polar surface area (TPSA) is 67.8 Å². The predicted molar refractivity (Wildman–Crippen MR) is 89.0 cm³/mol. The number of nitrogens with zero attached hydrogens (tertiary/aromatic N) is 4. The van der Waals surface area contributed by atoms with Crippen LogP contribution < -0.4 is 9.64 Å². The molecule has 2 saturated heterocycles. The highest BCUT2D eigenvalue weighted by Gasteiger charge is 2.50. The Balaban J connectivity index is 1.50. The summed E-state index contributed by atoms with van der Waals surface area (Å²) in [5.41, 5.74) is 0. The highest BCUT2D eigenvalue weighted by molar-refractivity contribution is 8.01. The molecule has 1 amide bonds. The van der Waals surface area contributed by atoms with Gasteiger partial charge in [0.05, 0.1) is 18.0 Å². The molecule has 0 bridgehead atoms. The number of amides is 1. The molecule has 1 aromatic rings. The van der Waals surface area contributed by atoms with Crippen LogP contribution >= 0.6 is 11.8 Å². The standard InChI is InChI=1S/C15H22N4O3S/c1-18(2)14(20)6-22-11-5-15(23-7-11)8-19(9-15)12-4-13(21-3)17-10-16-12/h4,10-11H,5-9H2,1-3H3/t11-/m1/s1. The molecule has 3 heterocycles. The summed E-state index contributed by atoms with van der Waals surface area (Å²) in [7, 11) is 5.10. The first-order chi connectivity index (χ1) is 11.0. The fraction of sp³-hybridized carbons (Fsp3) is 0.667. The second-order valence-corrected chi connectivity index (χ2v) is 7.68. The Morgan fingerprint density at radius 1 is 1.48 bits per heavy atom. The van der Waals surface area contributed by atoms with E-state index in [4.69, 9.17) is 9.47 Å². The molecule has 0 unspecified atom stereocenters. The zero-order chi connectivity index (χ0) is 16.4. The number of rotatable bonds is 5. The van der Waals surface area contributed by atoms with Gasteiger partial charge in [0.2, 0.25) is 11.8 Å². The van der Waals surface area contributed by atoms with Gasteiger partial charge in [0.25, 0.3) is 0 Å². The SMILES string of the molecule is COc1cc(N2CC3(C[C@@H](OCC(=O)N(C)C)CS3)C2)ncn1. The molecule has 1 aromatic heterocycles. The molecule has 126 valence electrons. The third-order valence-electron chi connectivity index (χ3n) is 4.24. The molecular formula is C15H22N4O3S. The van der Waals surface area contributed by atoms with Crippen molar-refractivity contribution in [2.24, 2.45) is 0 Å². The number of ether oxygens (including phenoxy) is 2. The number of likely N-dealkylation sites (N-methyl/N-ethyl adjacent to an activating group) is 1. The molecule has 0 aromatic carbocycles. The van der Waals surface area contributed by atoms with Gasteiger partial charge >= 0.3 is 0 Å². The second kappa shape index (κ2) is 6.52. The van der Waals surface area contributed by atoms with Crippen LogP contribution in [0.15, 0.2) is 12.4 Å². The Labute approximate surface area is 140 Å². The van der Waals surface area contributed by atoms with E-state index < -0.39 is 0 Å². The lowest BCUT2D eigenvalue weighted by molar-refractivity contribution is -0.135. The minimum absolute atomic E-state index is 0.0132. The van der Waals surface area contributed by atoms with Gasteiger partial charge in [-0.05, 0) is 6.42 Å². The van der Waals surface area contributed by atoms with E-state index in [1.54, 1.807) is 26.1 Å². The molecule has 1 spiro atoms. The minimum atomic E-state index is 0.0132. The van der Waals surface area contributed by atoms with Crippen molar-refractivity contribution in [2.45, 2.75) is 17.3 Å². The third kappa shape index (κ3) is 3.53. The number of carbonyl (C=O) groups excluding carboxylic acids is 1. The Morgan fingerprint density at radius 2 is 2.26 bits per heavy atom. The Kier molecular flexibility index (Phi) is 4.63. The van der Waals surface area contributed by atoms with Gasteiger partial charge in [-0.3, -0.25) is 4.79 Å². The van der Waals surface area contributed by atoms with Crippen molar-refractivity contribution in [2.75, 3.05) is 51.6 Å². The first kappa shape index (κ1) is 16.3.